The minimum absolute atomic E-state index is 0.0797. The molecular formula is C14H14O4. The number of ketones is 1. The van der Waals surface area contributed by atoms with Crippen LogP contribution in [0, 0.1) is 0 Å². The summed E-state index contributed by atoms with van der Waals surface area (Å²) >= 11 is 0. The van der Waals surface area contributed by atoms with Crippen molar-refractivity contribution >= 4 is 11.9 Å². The Kier molecular flexibility index (Phi) is 3.77. The number of benzene rings is 1. The first-order valence-electron chi connectivity index (χ1n) is 5.79. The molecule has 0 saturated heterocycles. The molecule has 2 rings (SSSR count). The predicted molar refractivity (Wildman–Crippen MR) is 65.5 cm³/mol. The van der Waals surface area contributed by atoms with Gasteiger partial charge in [-0.25, -0.2) is 4.79 Å². The fourth-order valence-corrected chi connectivity index (χ4v) is 1.96. The van der Waals surface area contributed by atoms with Crippen molar-refractivity contribution in [1.29, 1.82) is 0 Å². The maximum absolute atomic E-state index is 12.1. The van der Waals surface area contributed by atoms with Gasteiger partial charge in [0.1, 0.15) is 6.61 Å². The van der Waals surface area contributed by atoms with Gasteiger partial charge in [-0.2, -0.15) is 0 Å². The Balaban J connectivity index is 2.03. The molecule has 0 fully saturated rings. The minimum atomic E-state index is -0.826. The first kappa shape index (κ1) is 12.4. The highest BCUT2D eigenvalue weighted by Crippen LogP contribution is 2.23. The zero-order chi connectivity index (χ0) is 13.0. The lowest BCUT2D eigenvalue weighted by Gasteiger charge is -2.22. The van der Waals surface area contributed by atoms with Crippen LogP contribution in [0.3, 0.4) is 0 Å². The highest BCUT2D eigenvalue weighted by Gasteiger charge is 2.30. The summed E-state index contributed by atoms with van der Waals surface area (Å²) in [5.41, 5.74) is 1.63. The van der Waals surface area contributed by atoms with Gasteiger partial charge in [-0.15, -0.1) is 0 Å². The summed E-state index contributed by atoms with van der Waals surface area (Å²) in [7, 11) is 0. The topological polar surface area (TPSA) is 52.6 Å². The van der Waals surface area contributed by atoms with Gasteiger partial charge in [0.2, 0.25) is 5.78 Å². The van der Waals surface area contributed by atoms with Gasteiger partial charge in [-0.05, 0) is 18.4 Å². The molecule has 94 valence electrons. The van der Waals surface area contributed by atoms with Crippen molar-refractivity contribution in [1.82, 2.24) is 0 Å². The summed E-state index contributed by atoms with van der Waals surface area (Å²) in [5.74, 6) is -0.160. The summed E-state index contributed by atoms with van der Waals surface area (Å²) in [5, 5.41) is 0. The largest absolute Gasteiger partial charge is 0.509 e. The van der Waals surface area contributed by atoms with Crippen LogP contribution in [0.25, 0.3) is 0 Å². The molecule has 0 N–H and O–H groups in total. The second-order valence-electron chi connectivity index (χ2n) is 4.02. The molecule has 0 heterocycles. The van der Waals surface area contributed by atoms with Crippen molar-refractivity contribution in [2.75, 3.05) is 6.61 Å². The van der Waals surface area contributed by atoms with Gasteiger partial charge in [-0.3, -0.25) is 4.79 Å². The van der Waals surface area contributed by atoms with E-state index in [2.05, 4.69) is 6.58 Å². The van der Waals surface area contributed by atoms with Crippen LogP contribution >= 0.6 is 0 Å². The average molecular weight is 246 g/mol. The molecule has 1 unspecified atom stereocenters. The van der Waals surface area contributed by atoms with E-state index in [-0.39, 0.29) is 12.4 Å². The maximum Gasteiger partial charge on any atom is 0.509 e. The van der Waals surface area contributed by atoms with Crippen molar-refractivity contribution in [3.05, 3.63) is 48.0 Å². The van der Waals surface area contributed by atoms with Crippen molar-refractivity contribution in [2.45, 2.75) is 18.9 Å². The van der Waals surface area contributed by atoms with Crippen LogP contribution in [0.4, 0.5) is 4.79 Å². The lowest BCUT2D eigenvalue weighted by molar-refractivity contribution is 0.0239. The lowest BCUT2D eigenvalue weighted by Crippen LogP contribution is -2.32. The smallest absolute Gasteiger partial charge is 0.430 e. The molecule has 0 aliphatic heterocycles. The SMILES string of the molecule is C=CCOC(=O)OC1CCc2ccccc2C1=O. The summed E-state index contributed by atoms with van der Waals surface area (Å²) in [6.45, 7) is 3.50. The molecule has 0 amide bonds. The maximum atomic E-state index is 12.1. The van der Waals surface area contributed by atoms with Crippen LogP contribution in [0.1, 0.15) is 22.3 Å². The van der Waals surface area contributed by atoms with Crippen molar-refractivity contribution in [3.8, 4) is 0 Å². The molecule has 0 saturated carbocycles. The predicted octanol–water partition coefficient (Wildman–Crippen LogP) is 2.52. The number of aryl methyl sites for hydroxylation is 1. The molecule has 0 aromatic heterocycles. The van der Waals surface area contributed by atoms with Crippen LogP contribution in [0.15, 0.2) is 36.9 Å². The number of ether oxygens (including phenoxy) is 2. The van der Waals surface area contributed by atoms with Gasteiger partial charge in [0, 0.05) is 5.56 Å². The zero-order valence-electron chi connectivity index (χ0n) is 9.93. The third kappa shape index (κ3) is 2.59. The Bertz CT molecular complexity index is 478. The second kappa shape index (κ2) is 5.49. The molecule has 1 atom stereocenters. The minimum Gasteiger partial charge on any atom is -0.430 e. The Morgan fingerprint density at radius 1 is 1.44 bits per heavy atom. The van der Waals surface area contributed by atoms with E-state index in [1.807, 2.05) is 12.1 Å². The molecule has 4 heteroatoms. The first-order valence-corrected chi connectivity index (χ1v) is 5.79. The second-order valence-corrected chi connectivity index (χ2v) is 4.02. The molecule has 1 aliphatic carbocycles. The van der Waals surface area contributed by atoms with Crippen LogP contribution in [0.5, 0.6) is 0 Å². The zero-order valence-corrected chi connectivity index (χ0v) is 9.93. The van der Waals surface area contributed by atoms with Gasteiger partial charge < -0.3 is 9.47 Å². The van der Waals surface area contributed by atoms with E-state index in [1.54, 1.807) is 12.1 Å². The quantitative estimate of drug-likeness (QED) is 0.607. The monoisotopic (exact) mass is 246 g/mol. The average Bonchev–Trinajstić information content (AvgIpc) is 2.40. The third-order valence-electron chi connectivity index (χ3n) is 2.81. The summed E-state index contributed by atoms with van der Waals surface area (Å²) in [6.07, 6.45) is 1.10. The molecule has 1 aliphatic rings. The van der Waals surface area contributed by atoms with Crippen LogP contribution in [-0.4, -0.2) is 24.6 Å². The number of fused-ring (bicyclic) bond motifs is 1. The number of carbonyl (C=O) groups is 2. The van der Waals surface area contributed by atoms with E-state index in [1.165, 1.54) is 6.08 Å². The normalized spacial score (nSPS) is 17.8. The fraction of sp³-hybridized carbons (Fsp3) is 0.286. The Morgan fingerprint density at radius 2 is 2.22 bits per heavy atom. The van der Waals surface area contributed by atoms with Crippen LogP contribution in [-0.2, 0) is 15.9 Å². The molecule has 4 nitrogen and oxygen atoms in total. The number of rotatable bonds is 3. The van der Waals surface area contributed by atoms with Gasteiger partial charge in [0.05, 0.1) is 0 Å². The molecule has 18 heavy (non-hydrogen) atoms. The van der Waals surface area contributed by atoms with Crippen molar-refractivity contribution in [3.63, 3.8) is 0 Å². The summed E-state index contributed by atoms with van der Waals surface area (Å²) in [4.78, 5) is 23.4. The molecule has 1 aromatic carbocycles. The van der Waals surface area contributed by atoms with Crippen molar-refractivity contribution < 1.29 is 19.1 Å². The molecule has 0 spiro atoms. The Morgan fingerprint density at radius 3 is 3.00 bits per heavy atom. The number of carbonyl (C=O) groups excluding carboxylic acids is 2. The van der Waals surface area contributed by atoms with E-state index >= 15 is 0 Å². The first-order chi connectivity index (χ1) is 8.72. The number of hydrogen-bond acceptors (Lipinski definition) is 4. The highest BCUT2D eigenvalue weighted by atomic mass is 16.7. The standard InChI is InChI=1S/C14H14O4/c1-2-9-17-14(16)18-12-8-7-10-5-3-4-6-11(10)13(12)15/h2-6,12H,1,7-9H2. The van der Waals surface area contributed by atoms with Gasteiger partial charge in [0.15, 0.2) is 6.10 Å². The summed E-state index contributed by atoms with van der Waals surface area (Å²) < 4.78 is 9.70. The third-order valence-corrected chi connectivity index (χ3v) is 2.81. The Hall–Kier alpha value is -2.10. The fourth-order valence-electron chi connectivity index (χ4n) is 1.96. The van der Waals surface area contributed by atoms with Crippen molar-refractivity contribution in [2.24, 2.45) is 0 Å². The van der Waals surface area contributed by atoms with E-state index in [0.29, 0.717) is 12.0 Å². The van der Waals surface area contributed by atoms with Gasteiger partial charge in [-0.1, -0.05) is 36.9 Å². The highest BCUT2D eigenvalue weighted by molar-refractivity contribution is 6.02. The Labute approximate surface area is 105 Å². The number of Topliss-reactive ketones (excluding diaryl/α,β-unsaturated/α-hetero) is 1. The van der Waals surface area contributed by atoms with Crippen LogP contribution in [0.2, 0.25) is 0 Å². The summed E-state index contributed by atoms with van der Waals surface area (Å²) in [6, 6.07) is 7.36. The van der Waals surface area contributed by atoms with Crippen LogP contribution < -0.4 is 0 Å². The van der Waals surface area contributed by atoms with Gasteiger partial charge >= 0.3 is 6.16 Å². The number of hydrogen-bond donors (Lipinski definition) is 0. The molecule has 0 bridgehead atoms. The lowest BCUT2D eigenvalue weighted by atomic mass is 9.89. The molecule has 0 radical (unpaired) electrons. The van der Waals surface area contributed by atoms with E-state index < -0.39 is 12.3 Å². The molecule has 1 aromatic rings. The van der Waals surface area contributed by atoms with E-state index in [0.717, 1.165) is 12.0 Å². The van der Waals surface area contributed by atoms with E-state index in [9.17, 15) is 9.59 Å². The molecular weight excluding hydrogens is 232 g/mol. The van der Waals surface area contributed by atoms with Gasteiger partial charge in [0.25, 0.3) is 0 Å². The van der Waals surface area contributed by atoms with E-state index in [4.69, 9.17) is 9.47 Å².